The van der Waals surface area contributed by atoms with Gasteiger partial charge in [0.2, 0.25) is 5.91 Å². The lowest BCUT2D eigenvalue weighted by Gasteiger charge is -2.11. The first-order valence-electron chi connectivity index (χ1n) is 8.60. The highest BCUT2D eigenvalue weighted by molar-refractivity contribution is 5.90. The van der Waals surface area contributed by atoms with E-state index in [0.29, 0.717) is 30.0 Å². The summed E-state index contributed by atoms with van der Waals surface area (Å²) in [7, 11) is 1.72. The lowest BCUT2D eigenvalue weighted by atomic mass is 10.2. The molecule has 0 spiro atoms. The molecule has 27 heavy (non-hydrogen) atoms. The first-order valence-corrected chi connectivity index (χ1v) is 8.60. The van der Waals surface area contributed by atoms with Gasteiger partial charge in [-0.3, -0.25) is 9.59 Å². The molecule has 6 nitrogen and oxygen atoms in total. The Bertz CT molecular complexity index is 1080. The van der Waals surface area contributed by atoms with Crippen LogP contribution in [0.25, 0.3) is 10.9 Å². The molecule has 6 heteroatoms. The van der Waals surface area contributed by atoms with E-state index in [1.54, 1.807) is 35.9 Å². The molecule has 0 saturated carbocycles. The molecule has 0 fully saturated rings. The molecule has 0 aliphatic heterocycles. The minimum Gasteiger partial charge on any atom is -0.493 e. The van der Waals surface area contributed by atoms with E-state index >= 15 is 0 Å². The fourth-order valence-corrected chi connectivity index (χ4v) is 2.80. The van der Waals surface area contributed by atoms with Crippen LogP contribution < -0.4 is 15.6 Å². The fraction of sp³-hybridized carbons (Fsp3) is 0.190. The maximum absolute atomic E-state index is 12.0. The lowest BCUT2D eigenvalue weighted by molar-refractivity contribution is -0.116. The highest BCUT2D eigenvalue weighted by Gasteiger charge is 2.08. The summed E-state index contributed by atoms with van der Waals surface area (Å²) in [6, 6.07) is 17.8. The van der Waals surface area contributed by atoms with Gasteiger partial charge in [-0.2, -0.15) is 5.26 Å². The largest absolute Gasteiger partial charge is 0.493 e. The van der Waals surface area contributed by atoms with Crippen LogP contribution in [-0.4, -0.2) is 17.1 Å². The summed E-state index contributed by atoms with van der Waals surface area (Å²) in [4.78, 5) is 24.1. The summed E-state index contributed by atoms with van der Waals surface area (Å²) in [5.41, 5.74) is 1.75. The Morgan fingerprint density at radius 1 is 1.19 bits per heavy atom. The molecule has 0 atom stereocenters. The second kappa shape index (κ2) is 8.19. The topological polar surface area (TPSA) is 84.1 Å². The number of fused-ring (bicyclic) bond motifs is 1. The Balaban J connectivity index is 1.57. The first-order chi connectivity index (χ1) is 13.1. The van der Waals surface area contributed by atoms with Crippen LogP contribution in [0.5, 0.6) is 5.75 Å². The zero-order valence-corrected chi connectivity index (χ0v) is 14.9. The number of aryl methyl sites for hydroxylation is 1. The Morgan fingerprint density at radius 2 is 2.00 bits per heavy atom. The molecule has 0 radical (unpaired) electrons. The molecule has 3 rings (SSSR count). The number of anilines is 1. The quantitative estimate of drug-likeness (QED) is 0.683. The van der Waals surface area contributed by atoms with Crippen molar-refractivity contribution in [1.29, 1.82) is 5.26 Å². The summed E-state index contributed by atoms with van der Waals surface area (Å²) < 4.78 is 7.33. The van der Waals surface area contributed by atoms with Gasteiger partial charge in [0, 0.05) is 30.6 Å². The van der Waals surface area contributed by atoms with Crippen LogP contribution in [0, 0.1) is 11.3 Å². The average molecular weight is 361 g/mol. The van der Waals surface area contributed by atoms with Crippen LogP contribution in [0.3, 0.4) is 0 Å². The van der Waals surface area contributed by atoms with Crippen LogP contribution >= 0.6 is 0 Å². The highest BCUT2D eigenvalue weighted by Crippen LogP contribution is 2.23. The van der Waals surface area contributed by atoms with E-state index in [0.717, 1.165) is 10.9 Å². The van der Waals surface area contributed by atoms with Gasteiger partial charge in [-0.1, -0.05) is 18.2 Å². The Morgan fingerprint density at radius 3 is 2.81 bits per heavy atom. The van der Waals surface area contributed by atoms with Gasteiger partial charge < -0.3 is 14.6 Å². The summed E-state index contributed by atoms with van der Waals surface area (Å²) in [6.07, 6.45) is 0.785. The molecule has 0 aliphatic rings. The van der Waals surface area contributed by atoms with Crippen molar-refractivity contribution in [2.45, 2.75) is 12.8 Å². The number of hydrogen-bond donors (Lipinski definition) is 1. The molecule has 0 unspecified atom stereocenters. The third-order valence-corrected chi connectivity index (χ3v) is 4.20. The minimum atomic E-state index is -0.150. The highest BCUT2D eigenvalue weighted by atomic mass is 16.5. The molecule has 1 N–H and O–H groups in total. The maximum Gasteiger partial charge on any atom is 0.254 e. The molecular formula is C21H19N3O3. The molecule has 2 aromatic carbocycles. The smallest absolute Gasteiger partial charge is 0.254 e. The molecule has 1 aromatic heterocycles. The van der Waals surface area contributed by atoms with E-state index in [9.17, 15) is 9.59 Å². The zero-order chi connectivity index (χ0) is 19.2. The Kier molecular flexibility index (Phi) is 5.53. The number of amides is 1. The van der Waals surface area contributed by atoms with Gasteiger partial charge in [-0.05, 0) is 36.8 Å². The van der Waals surface area contributed by atoms with E-state index in [1.165, 1.54) is 6.07 Å². The van der Waals surface area contributed by atoms with Crippen molar-refractivity contribution in [3.63, 3.8) is 0 Å². The first kappa shape index (κ1) is 18.2. The van der Waals surface area contributed by atoms with E-state index < -0.39 is 0 Å². The molecule has 0 aliphatic carbocycles. The van der Waals surface area contributed by atoms with Gasteiger partial charge in [0.1, 0.15) is 5.75 Å². The summed E-state index contributed by atoms with van der Waals surface area (Å²) in [6.45, 7) is 0.322. The predicted molar refractivity (Wildman–Crippen MR) is 104 cm³/mol. The molecular weight excluding hydrogens is 342 g/mol. The zero-order valence-electron chi connectivity index (χ0n) is 14.9. The normalized spacial score (nSPS) is 10.4. The standard InChI is InChI=1S/C21H19N3O3/c1-24-18-9-3-2-8-17(18)19(13-21(24)26)27-11-5-10-20(25)23-16-7-4-6-15(12-16)14-22/h2-4,6-9,12-13H,5,10-11H2,1H3,(H,23,25). The van der Waals surface area contributed by atoms with Crippen molar-refractivity contribution >= 4 is 22.5 Å². The van der Waals surface area contributed by atoms with E-state index in [4.69, 9.17) is 10.00 Å². The number of benzene rings is 2. The van der Waals surface area contributed by atoms with Crippen molar-refractivity contribution in [2.75, 3.05) is 11.9 Å². The number of carbonyl (C=O) groups is 1. The van der Waals surface area contributed by atoms with Gasteiger partial charge in [-0.15, -0.1) is 0 Å². The van der Waals surface area contributed by atoms with Crippen LogP contribution in [0.1, 0.15) is 18.4 Å². The van der Waals surface area contributed by atoms with E-state index in [1.807, 2.05) is 30.3 Å². The van der Waals surface area contributed by atoms with Crippen molar-refractivity contribution in [3.05, 3.63) is 70.5 Å². The van der Waals surface area contributed by atoms with Crippen molar-refractivity contribution in [3.8, 4) is 11.8 Å². The third-order valence-electron chi connectivity index (χ3n) is 4.20. The monoisotopic (exact) mass is 361 g/mol. The third kappa shape index (κ3) is 4.33. The number of hydrogen-bond acceptors (Lipinski definition) is 4. The van der Waals surface area contributed by atoms with Gasteiger partial charge in [0.25, 0.3) is 5.56 Å². The van der Waals surface area contributed by atoms with Crippen molar-refractivity contribution < 1.29 is 9.53 Å². The lowest BCUT2D eigenvalue weighted by Crippen LogP contribution is -2.17. The van der Waals surface area contributed by atoms with Gasteiger partial charge in [0.05, 0.1) is 23.8 Å². The maximum atomic E-state index is 12.0. The molecule has 3 aromatic rings. The number of pyridine rings is 1. The number of rotatable bonds is 6. The number of para-hydroxylation sites is 1. The molecule has 1 heterocycles. The Labute approximate surface area is 156 Å². The second-order valence-electron chi connectivity index (χ2n) is 6.12. The summed E-state index contributed by atoms with van der Waals surface area (Å²) in [5, 5.41) is 12.5. The van der Waals surface area contributed by atoms with Crippen molar-refractivity contribution in [2.24, 2.45) is 7.05 Å². The van der Waals surface area contributed by atoms with Gasteiger partial charge in [0.15, 0.2) is 0 Å². The van der Waals surface area contributed by atoms with E-state index in [2.05, 4.69) is 5.32 Å². The fourth-order valence-electron chi connectivity index (χ4n) is 2.80. The van der Waals surface area contributed by atoms with Crippen molar-refractivity contribution in [1.82, 2.24) is 4.57 Å². The SMILES string of the molecule is Cn1c(=O)cc(OCCCC(=O)Nc2cccc(C#N)c2)c2ccccc21. The van der Waals surface area contributed by atoms with Gasteiger partial charge in [-0.25, -0.2) is 0 Å². The molecule has 136 valence electrons. The number of nitrogens with zero attached hydrogens (tertiary/aromatic N) is 2. The van der Waals surface area contributed by atoms with Crippen LogP contribution in [0.2, 0.25) is 0 Å². The molecule has 1 amide bonds. The number of nitrogens with one attached hydrogen (secondary N) is 1. The second-order valence-corrected chi connectivity index (χ2v) is 6.12. The predicted octanol–water partition coefficient (Wildman–Crippen LogP) is 3.21. The number of carbonyl (C=O) groups excluding carboxylic acids is 1. The summed E-state index contributed by atoms with van der Waals surface area (Å²) in [5.74, 6) is 0.373. The van der Waals surface area contributed by atoms with Crippen LogP contribution in [-0.2, 0) is 11.8 Å². The molecule has 0 bridgehead atoms. The summed E-state index contributed by atoms with van der Waals surface area (Å²) >= 11 is 0. The number of nitriles is 1. The Hall–Kier alpha value is -3.59. The van der Waals surface area contributed by atoms with Crippen LogP contribution in [0.4, 0.5) is 5.69 Å². The molecule has 0 saturated heterocycles. The number of aromatic nitrogens is 1. The number of ether oxygens (including phenoxy) is 1. The average Bonchev–Trinajstić information content (AvgIpc) is 2.69. The minimum absolute atomic E-state index is 0.140. The van der Waals surface area contributed by atoms with E-state index in [-0.39, 0.29) is 17.9 Å². The van der Waals surface area contributed by atoms with Crippen LogP contribution in [0.15, 0.2) is 59.4 Å². The van der Waals surface area contributed by atoms with Gasteiger partial charge >= 0.3 is 0 Å².